The summed E-state index contributed by atoms with van der Waals surface area (Å²) in [6, 6.07) is 9.13. The van der Waals surface area contributed by atoms with Gasteiger partial charge in [-0.15, -0.1) is 0 Å². The number of amidine groups is 1. The van der Waals surface area contributed by atoms with E-state index in [0.29, 0.717) is 12.3 Å². The van der Waals surface area contributed by atoms with Crippen molar-refractivity contribution in [1.29, 1.82) is 5.41 Å². The van der Waals surface area contributed by atoms with Crippen LogP contribution in [0.3, 0.4) is 0 Å². The van der Waals surface area contributed by atoms with Crippen molar-refractivity contribution in [3.63, 3.8) is 0 Å². The SMILES string of the molecule is N=C(N)CN1CCC(NC(=O)Oc2ccccc2)CC1. The molecule has 1 amide bonds. The van der Waals surface area contributed by atoms with Crippen molar-refractivity contribution in [1.82, 2.24) is 10.2 Å². The van der Waals surface area contributed by atoms with Gasteiger partial charge < -0.3 is 15.8 Å². The van der Waals surface area contributed by atoms with Crippen molar-refractivity contribution in [2.24, 2.45) is 5.73 Å². The molecule has 0 saturated carbocycles. The van der Waals surface area contributed by atoms with Gasteiger partial charge in [0.1, 0.15) is 11.6 Å². The Bertz CT molecular complexity index is 456. The number of nitrogens with one attached hydrogen (secondary N) is 2. The van der Waals surface area contributed by atoms with Crippen molar-refractivity contribution >= 4 is 11.9 Å². The molecule has 1 aliphatic heterocycles. The number of carbonyl (C=O) groups excluding carboxylic acids is 1. The van der Waals surface area contributed by atoms with Crippen molar-refractivity contribution in [2.45, 2.75) is 18.9 Å². The molecule has 1 aromatic carbocycles. The van der Waals surface area contributed by atoms with E-state index in [0.717, 1.165) is 25.9 Å². The molecule has 6 nitrogen and oxygen atoms in total. The molecule has 4 N–H and O–H groups in total. The predicted octanol–water partition coefficient (Wildman–Crippen LogP) is 1.18. The fourth-order valence-electron chi connectivity index (χ4n) is 2.27. The van der Waals surface area contributed by atoms with Gasteiger partial charge in [-0.3, -0.25) is 10.3 Å². The van der Waals surface area contributed by atoms with Crippen LogP contribution in [-0.4, -0.2) is 42.5 Å². The molecule has 2 rings (SSSR count). The summed E-state index contributed by atoms with van der Waals surface area (Å²) in [7, 11) is 0. The van der Waals surface area contributed by atoms with E-state index in [9.17, 15) is 4.79 Å². The maximum atomic E-state index is 11.7. The first-order valence-electron chi connectivity index (χ1n) is 6.72. The molecular formula is C14H20N4O2. The van der Waals surface area contributed by atoms with Gasteiger partial charge in [0, 0.05) is 19.1 Å². The highest BCUT2D eigenvalue weighted by Crippen LogP contribution is 2.12. The molecule has 1 aromatic rings. The van der Waals surface area contributed by atoms with Gasteiger partial charge in [0.25, 0.3) is 0 Å². The zero-order valence-corrected chi connectivity index (χ0v) is 11.3. The van der Waals surface area contributed by atoms with Crippen LogP contribution in [0, 0.1) is 5.41 Å². The van der Waals surface area contributed by atoms with Crippen LogP contribution in [0.5, 0.6) is 5.75 Å². The number of hydrogen-bond acceptors (Lipinski definition) is 4. The van der Waals surface area contributed by atoms with Crippen molar-refractivity contribution < 1.29 is 9.53 Å². The highest BCUT2D eigenvalue weighted by Gasteiger charge is 2.21. The first-order chi connectivity index (χ1) is 9.63. The molecule has 1 saturated heterocycles. The minimum atomic E-state index is -0.416. The zero-order valence-electron chi connectivity index (χ0n) is 11.3. The Morgan fingerprint density at radius 2 is 2.00 bits per heavy atom. The molecule has 0 radical (unpaired) electrons. The molecule has 0 unspecified atom stereocenters. The van der Waals surface area contributed by atoms with Gasteiger partial charge in [0.15, 0.2) is 0 Å². The molecule has 0 aromatic heterocycles. The lowest BCUT2D eigenvalue weighted by Crippen LogP contribution is -2.47. The van der Waals surface area contributed by atoms with Gasteiger partial charge in [-0.05, 0) is 25.0 Å². The summed E-state index contributed by atoms with van der Waals surface area (Å²) in [5.74, 6) is 0.721. The van der Waals surface area contributed by atoms with E-state index in [4.69, 9.17) is 15.9 Å². The number of carbonyl (C=O) groups is 1. The number of nitrogens with zero attached hydrogens (tertiary/aromatic N) is 1. The van der Waals surface area contributed by atoms with E-state index < -0.39 is 6.09 Å². The van der Waals surface area contributed by atoms with Crippen LogP contribution in [0.4, 0.5) is 4.79 Å². The number of rotatable bonds is 4. The van der Waals surface area contributed by atoms with Gasteiger partial charge in [-0.25, -0.2) is 4.79 Å². The Morgan fingerprint density at radius 3 is 2.60 bits per heavy atom. The van der Waals surface area contributed by atoms with Crippen LogP contribution in [0.2, 0.25) is 0 Å². The Morgan fingerprint density at radius 1 is 1.35 bits per heavy atom. The third kappa shape index (κ3) is 4.55. The molecule has 1 heterocycles. The molecule has 1 aliphatic rings. The van der Waals surface area contributed by atoms with E-state index in [2.05, 4.69) is 10.2 Å². The van der Waals surface area contributed by atoms with Crippen LogP contribution in [0.25, 0.3) is 0 Å². The topological polar surface area (TPSA) is 91.4 Å². The normalized spacial score (nSPS) is 16.6. The van der Waals surface area contributed by atoms with Gasteiger partial charge in [0.2, 0.25) is 0 Å². The second kappa shape index (κ2) is 6.91. The van der Waals surface area contributed by atoms with Crippen molar-refractivity contribution in [3.05, 3.63) is 30.3 Å². The summed E-state index contributed by atoms with van der Waals surface area (Å²) < 4.78 is 5.19. The minimum Gasteiger partial charge on any atom is -0.410 e. The Labute approximate surface area is 118 Å². The number of hydrogen-bond donors (Lipinski definition) is 3. The van der Waals surface area contributed by atoms with Crippen molar-refractivity contribution in [2.75, 3.05) is 19.6 Å². The van der Waals surface area contributed by atoms with E-state index >= 15 is 0 Å². The molecule has 1 fully saturated rings. The zero-order chi connectivity index (χ0) is 14.4. The maximum absolute atomic E-state index is 11.7. The number of piperidine rings is 1. The molecule has 20 heavy (non-hydrogen) atoms. The van der Waals surface area contributed by atoms with Gasteiger partial charge in [-0.2, -0.15) is 0 Å². The average molecular weight is 276 g/mol. The highest BCUT2D eigenvalue weighted by atomic mass is 16.6. The minimum absolute atomic E-state index is 0.120. The predicted molar refractivity (Wildman–Crippen MR) is 77.0 cm³/mol. The second-order valence-electron chi connectivity index (χ2n) is 4.92. The maximum Gasteiger partial charge on any atom is 0.412 e. The first-order valence-corrected chi connectivity index (χ1v) is 6.72. The molecule has 108 valence electrons. The van der Waals surface area contributed by atoms with Gasteiger partial charge >= 0.3 is 6.09 Å². The monoisotopic (exact) mass is 276 g/mol. The van der Waals surface area contributed by atoms with Crippen LogP contribution < -0.4 is 15.8 Å². The van der Waals surface area contributed by atoms with E-state index in [-0.39, 0.29) is 11.9 Å². The lowest BCUT2D eigenvalue weighted by molar-refractivity contribution is 0.179. The number of benzene rings is 1. The summed E-state index contributed by atoms with van der Waals surface area (Å²) >= 11 is 0. The average Bonchev–Trinajstić information content (AvgIpc) is 2.41. The smallest absolute Gasteiger partial charge is 0.410 e. The molecule has 0 atom stereocenters. The Balaban J connectivity index is 1.72. The summed E-state index contributed by atoms with van der Waals surface area (Å²) in [6.07, 6.45) is 1.27. The largest absolute Gasteiger partial charge is 0.412 e. The number of para-hydroxylation sites is 1. The Hall–Kier alpha value is -2.08. The third-order valence-electron chi connectivity index (χ3n) is 3.26. The quantitative estimate of drug-likeness (QED) is 0.569. The number of likely N-dealkylation sites (tertiary alicyclic amines) is 1. The second-order valence-corrected chi connectivity index (χ2v) is 4.92. The Kier molecular flexibility index (Phi) is 4.95. The van der Waals surface area contributed by atoms with E-state index in [1.807, 2.05) is 18.2 Å². The summed E-state index contributed by atoms with van der Waals surface area (Å²) in [6.45, 7) is 2.16. The lowest BCUT2D eigenvalue weighted by Gasteiger charge is -2.31. The van der Waals surface area contributed by atoms with Crippen LogP contribution >= 0.6 is 0 Å². The molecule has 0 spiro atoms. The third-order valence-corrected chi connectivity index (χ3v) is 3.26. The van der Waals surface area contributed by atoms with Gasteiger partial charge in [0.05, 0.1) is 6.54 Å². The van der Waals surface area contributed by atoms with Crippen LogP contribution in [0.1, 0.15) is 12.8 Å². The summed E-state index contributed by atoms with van der Waals surface area (Å²) in [4.78, 5) is 13.9. The van der Waals surface area contributed by atoms with Crippen LogP contribution in [-0.2, 0) is 0 Å². The molecular weight excluding hydrogens is 256 g/mol. The van der Waals surface area contributed by atoms with Crippen molar-refractivity contribution in [3.8, 4) is 5.75 Å². The molecule has 0 aliphatic carbocycles. The molecule has 6 heteroatoms. The van der Waals surface area contributed by atoms with Crippen LogP contribution in [0.15, 0.2) is 30.3 Å². The molecule has 0 bridgehead atoms. The number of nitrogens with two attached hydrogens (primary N) is 1. The van der Waals surface area contributed by atoms with Gasteiger partial charge in [-0.1, -0.05) is 18.2 Å². The fourth-order valence-corrected chi connectivity index (χ4v) is 2.27. The lowest BCUT2D eigenvalue weighted by atomic mass is 10.1. The number of amides is 1. The summed E-state index contributed by atoms with van der Waals surface area (Å²) in [5, 5.41) is 10.1. The number of ether oxygens (including phenoxy) is 1. The fraction of sp³-hybridized carbons (Fsp3) is 0.429. The standard InChI is InChI=1S/C14H20N4O2/c15-13(16)10-18-8-6-11(7-9-18)17-14(19)20-12-4-2-1-3-5-12/h1-5,11H,6-10H2,(H3,15,16)(H,17,19). The summed E-state index contributed by atoms with van der Waals surface area (Å²) in [5.41, 5.74) is 5.38. The first kappa shape index (κ1) is 14.3. The van der Waals surface area contributed by atoms with E-state index in [1.54, 1.807) is 12.1 Å². The van der Waals surface area contributed by atoms with E-state index in [1.165, 1.54) is 0 Å². The highest BCUT2D eigenvalue weighted by molar-refractivity contribution is 5.78.